The first kappa shape index (κ1) is 15.9. The van der Waals surface area contributed by atoms with E-state index in [2.05, 4.69) is 0 Å². The summed E-state index contributed by atoms with van der Waals surface area (Å²) in [5, 5.41) is 11.3. The minimum Gasteiger partial charge on any atom is -0.454 e. The standard InChI is InChI=1S/C19H13NO6/c1-11-2-4-12(5-3-11)16-8-14(19(21)26-16)6-13-7-17-18(25-10-24-17)9-15(13)20(22)23/h2-9H,10H2,1H3/b14-6-. The molecule has 0 saturated heterocycles. The van der Waals surface area contributed by atoms with Gasteiger partial charge in [-0.05, 0) is 25.1 Å². The third-order valence-electron chi connectivity index (χ3n) is 4.09. The van der Waals surface area contributed by atoms with Crippen LogP contribution in [0.3, 0.4) is 0 Å². The van der Waals surface area contributed by atoms with Gasteiger partial charge in [0.2, 0.25) is 6.79 Å². The molecule has 0 N–H and O–H groups in total. The monoisotopic (exact) mass is 351 g/mol. The van der Waals surface area contributed by atoms with Gasteiger partial charge in [-0.15, -0.1) is 0 Å². The molecule has 0 aliphatic carbocycles. The number of benzene rings is 2. The van der Waals surface area contributed by atoms with Crippen LogP contribution >= 0.6 is 0 Å². The molecule has 0 saturated carbocycles. The van der Waals surface area contributed by atoms with Crippen LogP contribution in [0.25, 0.3) is 11.8 Å². The van der Waals surface area contributed by atoms with E-state index in [1.54, 1.807) is 6.08 Å². The predicted octanol–water partition coefficient (Wildman–Crippen LogP) is 3.61. The van der Waals surface area contributed by atoms with Crippen molar-refractivity contribution in [2.45, 2.75) is 6.92 Å². The van der Waals surface area contributed by atoms with Crippen molar-refractivity contribution >= 4 is 23.5 Å². The fourth-order valence-electron chi connectivity index (χ4n) is 2.74. The minimum absolute atomic E-state index is 0.00598. The van der Waals surface area contributed by atoms with Crippen molar-refractivity contribution in [1.82, 2.24) is 0 Å². The molecule has 0 bridgehead atoms. The number of fused-ring (bicyclic) bond motifs is 1. The van der Waals surface area contributed by atoms with E-state index in [-0.39, 0.29) is 23.6 Å². The number of hydrogen-bond acceptors (Lipinski definition) is 6. The number of cyclic esters (lactones) is 1. The highest BCUT2D eigenvalue weighted by atomic mass is 16.7. The van der Waals surface area contributed by atoms with Gasteiger partial charge >= 0.3 is 5.97 Å². The molecule has 26 heavy (non-hydrogen) atoms. The zero-order valence-corrected chi connectivity index (χ0v) is 13.7. The lowest BCUT2D eigenvalue weighted by molar-refractivity contribution is -0.385. The van der Waals surface area contributed by atoms with Crippen LogP contribution in [0.5, 0.6) is 11.5 Å². The van der Waals surface area contributed by atoms with Gasteiger partial charge < -0.3 is 14.2 Å². The smallest absolute Gasteiger partial charge is 0.343 e. The Hall–Kier alpha value is -3.61. The van der Waals surface area contributed by atoms with E-state index in [4.69, 9.17) is 14.2 Å². The lowest BCUT2D eigenvalue weighted by Crippen LogP contribution is -1.98. The Labute approximate surface area is 148 Å². The highest BCUT2D eigenvalue weighted by Gasteiger charge is 2.26. The Kier molecular flexibility index (Phi) is 3.69. The molecule has 0 spiro atoms. The molecule has 0 aromatic heterocycles. The van der Waals surface area contributed by atoms with Crippen molar-refractivity contribution in [2.75, 3.05) is 6.79 Å². The molecular formula is C19H13NO6. The number of carbonyl (C=O) groups excluding carboxylic acids is 1. The maximum atomic E-state index is 12.2. The first-order valence-corrected chi connectivity index (χ1v) is 7.82. The van der Waals surface area contributed by atoms with Gasteiger partial charge in [-0.25, -0.2) is 4.79 Å². The molecule has 0 amide bonds. The summed E-state index contributed by atoms with van der Waals surface area (Å²) >= 11 is 0. The topological polar surface area (TPSA) is 87.9 Å². The fourth-order valence-corrected chi connectivity index (χ4v) is 2.74. The van der Waals surface area contributed by atoms with Crippen LogP contribution in [0, 0.1) is 17.0 Å². The molecule has 130 valence electrons. The van der Waals surface area contributed by atoms with E-state index >= 15 is 0 Å². The average molecular weight is 351 g/mol. The second kappa shape index (κ2) is 6.03. The molecule has 0 unspecified atom stereocenters. The third-order valence-corrected chi connectivity index (χ3v) is 4.09. The molecule has 2 aliphatic heterocycles. The first-order chi connectivity index (χ1) is 12.5. The van der Waals surface area contributed by atoms with E-state index < -0.39 is 10.9 Å². The van der Waals surface area contributed by atoms with Crippen LogP contribution in [0.4, 0.5) is 5.69 Å². The summed E-state index contributed by atoms with van der Waals surface area (Å²) in [5.41, 5.74) is 2.14. The summed E-state index contributed by atoms with van der Waals surface area (Å²) in [7, 11) is 0. The summed E-state index contributed by atoms with van der Waals surface area (Å²) < 4.78 is 15.7. The van der Waals surface area contributed by atoms with E-state index in [0.29, 0.717) is 17.3 Å². The Bertz CT molecular complexity index is 988. The summed E-state index contributed by atoms with van der Waals surface area (Å²) in [6.07, 6.45) is 2.99. The molecule has 7 heteroatoms. The number of nitrogens with zero attached hydrogens (tertiary/aromatic N) is 1. The maximum Gasteiger partial charge on any atom is 0.343 e. The summed E-state index contributed by atoms with van der Waals surface area (Å²) in [6, 6.07) is 10.3. The summed E-state index contributed by atoms with van der Waals surface area (Å²) in [6.45, 7) is 1.97. The number of rotatable bonds is 3. The van der Waals surface area contributed by atoms with Crippen LogP contribution in [-0.2, 0) is 9.53 Å². The van der Waals surface area contributed by atoms with Gasteiger partial charge in [0.05, 0.1) is 22.1 Å². The van der Waals surface area contributed by atoms with Crippen molar-refractivity contribution < 1.29 is 23.9 Å². The quantitative estimate of drug-likeness (QED) is 0.363. The maximum absolute atomic E-state index is 12.2. The number of ether oxygens (including phenoxy) is 3. The predicted molar refractivity (Wildman–Crippen MR) is 92.4 cm³/mol. The van der Waals surface area contributed by atoms with Crippen LogP contribution in [0.1, 0.15) is 16.7 Å². The molecule has 4 rings (SSSR count). The Balaban J connectivity index is 1.75. The van der Waals surface area contributed by atoms with Crippen molar-refractivity contribution in [2.24, 2.45) is 0 Å². The van der Waals surface area contributed by atoms with Gasteiger partial charge in [0, 0.05) is 5.56 Å². The third kappa shape index (κ3) is 2.79. The van der Waals surface area contributed by atoms with Gasteiger partial charge in [0.15, 0.2) is 11.5 Å². The minimum atomic E-state index is -0.562. The molecule has 2 aromatic carbocycles. The number of carbonyl (C=O) groups is 1. The van der Waals surface area contributed by atoms with Crippen LogP contribution < -0.4 is 9.47 Å². The van der Waals surface area contributed by atoms with Gasteiger partial charge in [-0.3, -0.25) is 10.1 Å². The summed E-state index contributed by atoms with van der Waals surface area (Å²) in [5.74, 6) is 0.553. The molecule has 0 radical (unpaired) electrons. The molecule has 0 fully saturated rings. The second-order valence-electron chi connectivity index (χ2n) is 5.89. The zero-order valence-electron chi connectivity index (χ0n) is 13.7. The molecule has 0 atom stereocenters. The number of nitro groups is 1. The molecule has 7 nitrogen and oxygen atoms in total. The lowest BCUT2D eigenvalue weighted by atomic mass is 10.1. The number of esters is 1. The highest BCUT2D eigenvalue weighted by Crippen LogP contribution is 2.39. The molecule has 2 heterocycles. The van der Waals surface area contributed by atoms with E-state index in [9.17, 15) is 14.9 Å². The summed E-state index contributed by atoms with van der Waals surface area (Å²) in [4.78, 5) is 23.0. The van der Waals surface area contributed by atoms with Crippen LogP contribution in [0.2, 0.25) is 0 Å². The normalized spacial score (nSPS) is 16.6. The molecular weight excluding hydrogens is 338 g/mol. The van der Waals surface area contributed by atoms with E-state index in [1.807, 2.05) is 31.2 Å². The van der Waals surface area contributed by atoms with Crippen LogP contribution in [0.15, 0.2) is 48.0 Å². The van der Waals surface area contributed by atoms with Crippen molar-refractivity contribution in [3.8, 4) is 11.5 Å². The number of nitro benzene ring substituents is 1. The largest absolute Gasteiger partial charge is 0.454 e. The van der Waals surface area contributed by atoms with E-state index in [0.717, 1.165) is 11.1 Å². The van der Waals surface area contributed by atoms with Crippen molar-refractivity contribution in [1.29, 1.82) is 0 Å². The highest BCUT2D eigenvalue weighted by molar-refractivity contribution is 6.05. The Morgan fingerprint density at radius 3 is 2.50 bits per heavy atom. The van der Waals surface area contributed by atoms with Gasteiger partial charge in [0.1, 0.15) is 5.76 Å². The van der Waals surface area contributed by atoms with Crippen molar-refractivity contribution in [3.05, 3.63) is 74.9 Å². The van der Waals surface area contributed by atoms with Gasteiger partial charge in [-0.1, -0.05) is 29.8 Å². The van der Waals surface area contributed by atoms with E-state index in [1.165, 1.54) is 18.2 Å². The Morgan fingerprint density at radius 2 is 1.81 bits per heavy atom. The lowest BCUT2D eigenvalue weighted by Gasteiger charge is -2.02. The SMILES string of the molecule is Cc1ccc(C2=C/C(=C/c3cc4c(cc3[N+](=O)[O-])OCO4)C(=O)O2)cc1. The van der Waals surface area contributed by atoms with Gasteiger partial charge in [-0.2, -0.15) is 0 Å². The molecule has 2 aliphatic rings. The fraction of sp³-hybridized carbons (Fsp3) is 0.105. The van der Waals surface area contributed by atoms with Crippen LogP contribution in [-0.4, -0.2) is 17.7 Å². The van der Waals surface area contributed by atoms with Crippen molar-refractivity contribution in [3.63, 3.8) is 0 Å². The number of aryl methyl sites for hydroxylation is 1. The second-order valence-corrected chi connectivity index (χ2v) is 5.89. The Morgan fingerprint density at radius 1 is 1.12 bits per heavy atom. The number of hydrogen-bond donors (Lipinski definition) is 0. The average Bonchev–Trinajstić information content (AvgIpc) is 3.21. The molecule has 2 aromatic rings. The van der Waals surface area contributed by atoms with Gasteiger partial charge in [0.25, 0.3) is 5.69 Å². The first-order valence-electron chi connectivity index (χ1n) is 7.82. The zero-order chi connectivity index (χ0) is 18.3.